The van der Waals surface area contributed by atoms with Gasteiger partial charge in [-0.05, 0) is 36.4 Å². The van der Waals surface area contributed by atoms with Crippen LogP contribution in [-0.4, -0.2) is 30.8 Å². The Morgan fingerprint density at radius 1 is 1.03 bits per heavy atom. The predicted molar refractivity (Wildman–Crippen MR) is 106 cm³/mol. The Balaban J connectivity index is 1.52. The quantitative estimate of drug-likeness (QED) is 0.641. The number of nitrogens with one attached hydrogen (secondary N) is 2. The van der Waals surface area contributed by atoms with Gasteiger partial charge in [-0.1, -0.05) is 12.1 Å². The van der Waals surface area contributed by atoms with Crippen molar-refractivity contribution < 1.29 is 23.8 Å². The summed E-state index contributed by atoms with van der Waals surface area (Å²) in [4.78, 5) is 28.8. The number of nitrogens with zero attached hydrogens (tertiary/aromatic N) is 1. The summed E-state index contributed by atoms with van der Waals surface area (Å²) in [5.41, 5.74) is 1.88. The number of ether oxygens (including phenoxy) is 3. The molecule has 0 radical (unpaired) electrons. The number of aromatic nitrogens is 1. The molecule has 0 unspecified atom stereocenters. The number of benzene rings is 2. The van der Waals surface area contributed by atoms with E-state index in [4.69, 9.17) is 14.2 Å². The zero-order valence-electron chi connectivity index (χ0n) is 15.5. The maximum Gasteiger partial charge on any atom is 0.339 e. The first kappa shape index (κ1) is 18.3. The van der Waals surface area contributed by atoms with Crippen LogP contribution in [0.15, 0.2) is 60.8 Å². The number of amides is 1. The lowest BCUT2D eigenvalue weighted by Crippen LogP contribution is -2.12. The van der Waals surface area contributed by atoms with Gasteiger partial charge in [0, 0.05) is 23.5 Å². The molecular formula is C21H17N3O5. The van der Waals surface area contributed by atoms with Crippen LogP contribution in [-0.2, 0) is 4.74 Å². The van der Waals surface area contributed by atoms with E-state index in [1.807, 2.05) is 0 Å². The van der Waals surface area contributed by atoms with Gasteiger partial charge < -0.3 is 24.8 Å². The summed E-state index contributed by atoms with van der Waals surface area (Å²) in [5, 5.41) is 5.87. The highest BCUT2D eigenvalue weighted by molar-refractivity contribution is 6.05. The lowest BCUT2D eigenvalue weighted by atomic mass is 10.1. The Hall–Kier alpha value is -4.07. The average Bonchev–Trinajstić information content (AvgIpc) is 3.21. The second kappa shape index (κ2) is 7.89. The Bertz CT molecular complexity index is 1080. The Labute approximate surface area is 166 Å². The van der Waals surface area contributed by atoms with Crippen LogP contribution in [0.2, 0.25) is 0 Å². The molecule has 0 spiro atoms. The third-order valence-electron chi connectivity index (χ3n) is 4.25. The third kappa shape index (κ3) is 3.96. The van der Waals surface area contributed by atoms with Gasteiger partial charge in [-0.2, -0.15) is 0 Å². The van der Waals surface area contributed by atoms with Gasteiger partial charge in [0.2, 0.25) is 6.79 Å². The number of hydrogen-bond donors (Lipinski definition) is 2. The van der Waals surface area contributed by atoms with Crippen LogP contribution in [0.25, 0.3) is 0 Å². The van der Waals surface area contributed by atoms with Gasteiger partial charge in [0.25, 0.3) is 5.91 Å². The predicted octanol–water partition coefficient (Wildman–Crippen LogP) is 3.59. The monoisotopic (exact) mass is 391 g/mol. The molecule has 2 heterocycles. The molecule has 4 rings (SSSR count). The first-order valence-corrected chi connectivity index (χ1v) is 8.75. The van der Waals surface area contributed by atoms with Crippen molar-refractivity contribution in [3.8, 4) is 11.5 Å². The second-order valence-electron chi connectivity index (χ2n) is 6.11. The molecule has 8 heteroatoms. The van der Waals surface area contributed by atoms with E-state index in [1.54, 1.807) is 54.6 Å². The van der Waals surface area contributed by atoms with E-state index in [-0.39, 0.29) is 12.7 Å². The molecule has 0 aliphatic carbocycles. The van der Waals surface area contributed by atoms with E-state index in [0.29, 0.717) is 39.8 Å². The van der Waals surface area contributed by atoms with Crippen molar-refractivity contribution in [1.29, 1.82) is 0 Å². The zero-order chi connectivity index (χ0) is 20.2. The van der Waals surface area contributed by atoms with Crippen molar-refractivity contribution in [2.45, 2.75) is 0 Å². The molecule has 0 saturated heterocycles. The first-order valence-electron chi connectivity index (χ1n) is 8.75. The molecular weight excluding hydrogens is 374 g/mol. The van der Waals surface area contributed by atoms with Crippen molar-refractivity contribution in [3.05, 3.63) is 71.9 Å². The SMILES string of the molecule is COC(=O)c1ccccc1Nc1cc(C(=O)Nc2ccc3c(c2)OCO3)ccn1. The Morgan fingerprint density at radius 2 is 1.86 bits per heavy atom. The number of pyridine rings is 1. The number of para-hydroxylation sites is 1. The normalized spacial score (nSPS) is 11.6. The van der Waals surface area contributed by atoms with E-state index in [2.05, 4.69) is 15.6 Å². The Morgan fingerprint density at radius 3 is 2.72 bits per heavy atom. The molecule has 2 aromatic carbocycles. The molecule has 3 aromatic rings. The molecule has 0 bridgehead atoms. The summed E-state index contributed by atoms with van der Waals surface area (Å²) in [6.45, 7) is 0.166. The molecule has 0 fully saturated rings. The van der Waals surface area contributed by atoms with Crippen LogP contribution in [0.5, 0.6) is 11.5 Å². The Kier molecular flexibility index (Phi) is 4.98. The van der Waals surface area contributed by atoms with E-state index in [9.17, 15) is 9.59 Å². The largest absolute Gasteiger partial charge is 0.465 e. The molecule has 1 aliphatic rings. The van der Waals surface area contributed by atoms with Crippen molar-refractivity contribution in [3.63, 3.8) is 0 Å². The number of anilines is 3. The highest BCUT2D eigenvalue weighted by Gasteiger charge is 2.16. The van der Waals surface area contributed by atoms with Crippen LogP contribution in [0.4, 0.5) is 17.2 Å². The summed E-state index contributed by atoms with van der Waals surface area (Å²) in [6.07, 6.45) is 1.51. The molecule has 2 N–H and O–H groups in total. The number of esters is 1. The van der Waals surface area contributed by atoms with Crippen molar-refractivity contribution in [2.75, 3.05) is 24.5 Å². The summed E-state index contributed by atoms with van der Waals surface area (Å²) >= 11 is 0. The summed E-state index contributed by atoms with van der Waals surface area (Å²) in [7, 11) is 1.32. The van der Waals surface area contributed by atoms with Gasteiger partial charge in [0.05, 0.1) is 18.4 Å². The second-order valence-corrected chi connectivity index (χ2v) is 6.11. The van der Waals surface area contributed by atoms with Crippen molar-refractivity contribution in [1.82, 2.24) is 4.98 Å². The minimum Gasteiger partial charge on any atom is -0.465 e. The van der Waals surface area contributed by atoms with Crippen LogP contribution in [0.3, 0.4) is 0 Å². The van der Waals surface area contributed by atoms with E-state index < -0.39 is 5.97 Å². The average molecular weight is 391 g/mol. The van der Waals surface area contributed by atoms with Crippen molar-refractivity contribution >= 4 is 29.1 Å². The number of fused-ring (bicyclic) bond motifs is 1. The van der Waals surface area contributed by atoms with E-state index in [0.717, 1.165) is 0 Å². The smallest absolute Gasteiger partial charge is 0.339 e. The molecule has 1 aromatic heterocycles. The summed E-state index contributed by atoms with van der Waals surface area (Å²) in [5.74, 6) is 0.863. The number of carbonyl (C=O) groups is 2. The molecule has 1 aliphatic heterocycles. The van der Waals surface area contributed by atoms with E-state index in [1.165, 1.54) is 13.3 Å². The fourth-order valence-electron chi connectivity index (χ4n) is 2.84. The topological polar surface area (TPSA) is 98.8 Å². The molecule has 0 saturated carbocycles. The van der Waals surface area contributed by atoms with Crippen molar-refractivity contribution in [2.24, 2.45) is 0 Å². The fraction of sp³-hybridized carbons (Fsp3) is 0.0952. The standard InChI is InChI=1S/C21H17N3O5/c1-27-21(26)15-4-2-3-5-16(15)24-19-10-13(8-9-22-19)20(25)23-14-6-7-17-18(11-14)29-12-28-17/h2-11H,12H2,1H3,(H,22,24)(H,23,25). The van der Waals surface area contributed by atoms with Gasteiger partial charge in [0.15, 0.2) is 11.5 Å². The molecule has 146 valence electrons. The highest BCUT2D eigenvalue weighted by Crippen LogP contribution is 2.34. The fourth-order valence-corrected chi connectivity index (χ4v) is 2.84. The number of methoxy groups -OCH3 is 1. The number of hydrogen-bond acceptors (Lipinski definition) is 7. The number of carbonyl (C=O) groups excluding carboxylic acids is 2. The maximum absolute atomic E-state index is 12.6. The van der Waals surface area contributed by atoms with Gasteiger partial charge in [-0.25, -0.2) is 9.78 Å². The maximum atomic E-state index is 12.6. The minimum atomic E-state index is -0.468. The van der Waals surface area contributed by atoms with Gasteiger partial charge in [-0.3, -0.25) is 4.79 Å². The number of rotatable bonds is 5. The summed E-state index contributed by atoms with van der Waals surface area (Å²) < 4.78 is 15.4. The van der Waals surface area contributed by atoms with Crippen LogP contribution >= 0.6 is 0 Å². The highest BCUT2D eigenvalue weighted by atomic mass is 16.7. The van der Waals surface area contributed by atoms with Crippen LogP contribution < -0.4 is 20.1 Å². The van der Waals surface area contributed by atoms with Gasteiger partial charge >= 0.3 is 5.97 Å². The van der Waals surface area contributed by atoms with Gasteiger partial charge in [0.1, 0.15) is 5.82 Å². The first-order chi connectivity index (χ1) is 14.1. The third-order valence-corrected chi connectivity index (χ3v) is 4.25. The molecule has 0 atom stereocenters. The van der Waals surface area contributed by atoms with Crippen LogP contribution in [0, 0.1) is 0 Å². The lowest BCUT2D eigenvalue weighted by molar-refractivity contribution is 0.0601. The molecule has 29 heavy (non-hydrogen) atoms. The van der Waals surface area contributed by atoms with E-state index >= 15 is 0 Å². The zero-order valence-corrected chi connectivity index (χ0v) is 15.5. The van der Waals surface area contributed by atoms with Gasteiger partial charge in [-0.15, -0.1) is 0 Å². The molecule has 8 nitrogen and oxygen atoms in total. The van der Waals surface area contributed by atoms with Crippen LogP contribution in [0.1, 0.15) is 20.7 Å². The lowest BCUT2D eigenvalue weighted by Gasteiger charge is -2.11. The molecule has 1 amide bonds. The minimum absolute atomic E-state index is 0.166. The summed E-state index contributed by atoms with van der Waals surface area (Å²) in [6, 6.07) is 15.3.